The Balaban J connectivity index is 1.86. The molecule has 1 heterocycles. The van der Waals surface area contributed by atoms with Gasteiger partial charge >= 0.3 is 0 Å². The van der Waals surface area contributed by atoms with Crippen molar-refractivity contribution in [2.24, 2.45) is 0 Å². The molecule has 3 nitrogen and oxygen atoms in total. The molecular weight excluding hydrogens is 308 g/mol. The molecule has 0 aliphatic carbocycles. The van der Waals surface area contributed by atoms with E-state index in [2.05, 4.69) is 46.2 Å². The van der Waals surface area contributed by atoms with E-state index < -0.39 is 0 Å². The van der Waals surface area contributed by atoms with Gasteiger partial charge in [-0.25, -0.2) is 0 Å². The molecule has 4 heteroatoms. The van der Waals surface area contributed by atoms with E-state index >= 15 is 0 Å². The highest BCUT2D eigenvalue weighted by Gasteiger charge is 2.27. The molecule has 0 aromatic heterocycles. The molecule has 0 saturated carbocycles. The Kier molecular flexibility index (Phi) is 5.34. The van der Waals surface area contributed by atoms with Crippen LogP contribution in [0, 0.1) is 0 Å². The van der Waals surface area contributed by atoms with Crippen molar-refractivity contribution in [2.75, 3.05) is 26.2 Å². The first-order valence-electron chi connectivity index (χ1n) is 8.12. The Morgan fingerprint density at radius 1 is 0.826 bits per heavy atom. The maximum absolute atomic E-state index is 9.76. The second-order valence-corrected chi connectivity index (χ2v) is 6.51. The van der Waals surface area contributed by atoms with E-state index in [0.717, 1.165) is 31.2 Å². The first kappa shape index (κ1) is 16.5. The maximum atomic E-state index is 9.76. The Hall–Kier alpha value is -1.39. The number of aliphatic hydroxyl groups is 1. The van der Waals surface area contributed by atoms with Gasteiger partial charge in [-0.05, 0) is 30.2 Å². The van der Waals surface area contributed by atoms with E-state index in [1.54, 1.807) is 0 Å². The maximum Gasteiger partial charge on any atom is 0.104 e. The molecule has 1 N–H and O–H groups in total. The summed E-state index contributed by atoms with van der Waals surface area (Å²) in [5.74, 6) is 0. The lowest BCUT2D eigenvalue weighted by Gasteiger charge is -2.40. The Morgan fingerprint density at radius 3 is 1.91 bits per heavy atom. The van der Waals surface area contributed by atoms with Crippen LogP contribution in [0.25, 0.3) is 0 Å². The molecule has 0 spiro atoms. The monoisotopic (exact) mass is 330 g/mol. The molecule has 23 heavy (non-hydrogen) atoms. The van der Waals surface area contributed by atoms with Crippen LogP contribution in [0.1, 0.15) is 24.1 Å². The van der Waals surface area contributed by atoms with E-state index in [1.807, 2.05) is 25.1 Å². The average molecular weight is 331 g/mol. The number of benzene rings is 2. The highest BCUT2D eigenvalue weighted by atomic mass is 35.5. The number of piperazine rings is 1. The van der Waals surface area contributed by atoms with Gasteiger partial charge in [0.15, 0.2) is 0 Å². The van der Waals surface area contributed by atoms with Crippen LogP contribution < -0.4 is 0 Å². The topological polar surface area (TPSA) is 26.7 Å². The van der Waals surface area contributed by atoms with Crippen LogP contribution in [0.2, 0.25) is 5.02 Å². The fraction of sp³-hybridized carbons (Fsp3) is 0.368. The van der Waals surface area contributed by atoms with Crippen molar-refractivity contribution in [1.29, 1.82) is 0 Å². The van der Waals surface area contributed by atoms with Gasteiger partial charge in [0.2, 0.25) is 0 Å². The number of hydrogen-bond donors (Lipinski definition) is 1. The van der Waals surface area contributed by atoms with Gasteiger partial charge in [0.25, 0.3) is 0 Å². The molecule has 1 aliphatic heterocycles. The highest BCUT2D eigenvalue weighted by molar-refractivity contribution is 6.30. The third-order valence-corrected chi connectivity index (χ3v) is 4.80. The summed E-state index contributed by atoms with van der Waals surface area (Å²) in [6.45, 7) is 5.48. The number of rotatable bonds is 4. The molecule has 1 unspecified atom stereocenters. The normalized spacial score (nSPS) is 19.4. The third kappa shape index (κ3) is 3.93. The molecule has 2 atom stereocenters. The van der Waals surface area contributed by atoms with Crippen LogP contribution >= 0.6 is 11.6 Å². The zero-order valence-electron chi connectivity index (χ0n) is 13.4. The van der Waals surface area contributed by atoms with Crippen molar-refractivity contribution >= 4 is 11.6 Å². The SMILES string of the molecule is C[C@@H](O)N1CCN(C(c2ccccc2)c2ccc(Cl)cc2)CC1. The van der Waals surface area contributed by atoms with Crippen molar-refractivity contribution in [3.05, 3.63) is 70.7 Å². The minimum Gasteiger partial charge on any atom is -0.379 e. The van der Waals surface area contributed by atoms with Crippen molar-refractivity contribution in [3.63, 3.8) is 0 Å². The molecule has 122 valence electrons. The van der Waals surface area contributed by atoms with Gasteiger partial charge in [0.1, 0.15) is 6.23 Å². The van der Waals surface area contributed by atoms with Gasteiger partial charge in [-0.2, -0.15) is 0 Å². The first-order chi connectivity index (χ1) is 11.1. The number of nitrogens with zero attached hydrogens (tertiary/aromatic N) is 2. The number of aliphatic hydroxyl groups excluding tert-OH is 1. The molecule has 1 saturated heterocycles. The van der Waals surface area contributed by atoms with Gasteiger partial charge in [-0.3, -0.25) is 9.80 Å². The molecule has 0 bridgehead atoms. The van der Waals surface area contributed by atoms with Crippen molar-refractivity contribution < 1.29 is 5.11 Å². The van der Waals surface area contributed by atoms with E-state index in [0.29, 0.717) is 0 Å². The highest BCUT2D eigenvalue weighted by Crippen LogP contribution is 2.30. The Morgan fingerprint density at radius 2 is 1.35 bits per heavy atom. The predicted molar refractivity (Wildman–Crippen MR) is 94.6 cm³/mol. The minimum absolute atomic E-state index is 0.226. The quantitative estimate of drug-likeness (QED) is 0.931. The van der Waals surface area contributed by atoms with E-state index in [-0.39, 0.29) is 12.3 Å². The van der Waals surface area contributed by atoms with Gasteiger partial charge in [0.05, 0.1) is 6.04 Å². The lowest BCUT2D eigenvalue weighted by molar-refractivity contribution is -0.0182. The summed E-state index contributed by atoms with van der Waals surface area (Å²) in [6, 6.07) is 19.0. The molecule has 0 radical (unpaired) electrons. The van der Waals surface area contributed by atoms with Crippen molar-refractivity contribution in [2.45, 2.75) is 19.2 Å². The van der Waals surface area contributed by atoms with Crippen LogP contribution in [0.3, 0.4) is 0 Å². The van der Waals surface area contributed by atoms with Crippen LogP contribution in [0.5, 0.6) is 0 Å². The summed E-state index contributed by atoms with van der Waals surface area (Å²) in [4.78, 5) is 4.60. The van der Waals surface area contributed by atoms with Crippen molar-refractivity contribution in [1.82, 2.24) is 9.80 Å². The fourth-order valence-electron chi connectivity index (χ4n) is 3.26. The molecule has 3 rings (SSSR count). The Labute approximate surface area is 143 Å². The molecule has 2 aromatic rings. The fourth-order valence-corrected chi connectivity index (χ4v) is 3.39. The largest absolute Gasteiger partial charge is 0.379 e. The lowest BCUT2D eigenvalue weighted by atomic mass is 9.96. The smallest absolute Gasteiger partial charge is 0.104 e. The summed E-state index contributed by atoms with van der Waals surface area (Å²) in [6.07, 6.45) is -0.372. The third-order valence-electron chi connectivity index (χ3n) is 4.54. The van der Waals surface area contributed by atoms with Gasteiger partial charge < -0.3 is 5.11 Å². The van der Waals surface area contributed by atoms with Crippen LogP contribution in [-0.2, 0) is 0 Å². The Bertz CT molecular complexity index is 607. The standard InChI is InChI=1S/C19H23ClN2O/c1-15(23)21-11-13-22(14-12-21)19(16-5-3-2-4-6-16)17-7-9-18(20)10-8-17/h2-10,15,19,23H,11-14H2,1H3/t15-,19?/m1/s1. The molecular formula is C19H23ClN2O. The van der Waals surface area contributed by atoms with Gasteiger partial charge in [-0.15, -0.1) is 0 Å². The van der Waals surface area contributed by atoms with E-state index in [4.69, 9.17) is 11.6 Å². The number of halogens is 1. The van der Waals surface area contributed by atoms with Crippen molar-refractivity contribution in [3.8, 4) is 0 Å². The second kappa shape index (κ2) is 7.45. The summed E-state index contributed by atoms with van der Waals surface area (Å²) in [5, 5.41) is 10.5. The average Bonchev–Trinajstić information content (AvgIpc) is 2.58. The molecule has 2 aromatic carbocycles. The van der Waals surface area contributed by atoms with Crippen LogP contribution in [-0.4, -0.2) is 47.3 Å². The summed E-state index contributed by atoms with van der Waals surface area (Å²) >= 11 is 6.05. The molecule has 0 amide bonds. The zero-order chi connectivity index (χ0) is 16.2. The van der Waals surface area contributed by atoms with Crippen LogP contribution in [0.15, 0.2) is 54.6 Å². The lowest BCUT2D eigenvalue weighted by Crippen LogP contribution is -2.50. The summed E-state index contributed by atoms with van der Waals surface area (Å²) in [5.41, 5.74) is 2.55. The summed E-state index contributed by atoms with van der Waals surface area (Å²) < 4.78 is 0. The predicted octanol–water partition coefficient (Wildman–Crippen LogP) is 3.39. The number of hydrogen-bond acceptors (Lipinski definition) is 3. The first-order valence-corrected chi connectivity index (χ1v) is 8.49. The minimum atomic E-state index is -0.372. The van der Waals surface area contributed by atoms with E-state index in [9.17, 15) is 5.11 Å². The zero-order valence-corrected chi connectivity index (χ0v) is 14.2. The van der Waals surface area contributed by atoms with Gasteiger partial charge in [0, 0.05) is 31.2 Å². The van der Waals surface area contributed by atoms with E-state index in [1.165, 1.54) is 11.1 Å². The van der Waals surface area contributed by atoms with Crippen LogP contribution in [0.4, 0.5) is 0 Å². The molecule has 1 fully saturated rings. The second-order valence-electron chi connectivity index (χ2n) is 6.07. The molecule has 1 aliphatic rings. The van der Waals surface area contributed by atoms with Gasteiger partial charge in [-0.1, -0.05) is 54.1 Å². The summed E-state index contributed by atoms with van der Waals surface area (Å²) in [7, 11) is 0.